The van der Waals surface area contributed by atoms with Gasteiger partial charge in [0.1, 0.15) is 0 Å². The Labute approximate surface area is 279 Å². The number of aliphatic imine (C=N–C) groups is 1. The number of para-hydroxylation sites is 4. The maximum Gasteiger partial charge on any atom is 0.298 e. The van der Waals surface area contributed by atoms with Gasteiger partial charge in [0.2, 0.25) is 11.6 Å². The molecule has 2 aromatic carbocycles. The van der Waals surface area contributed by atoms with E-state index in [4.69, 9.17) is 50.4 Å². The molecule has 5 aromatic rings. The summed E-state index contributed by atoms with van der Waals surface area (Å²) < 4.78 is 63.8. The van der Waals surface area contributed by atoms with Gasteiger partial charge in [-0.1, -0.05) is 47.5 Å². The predicted molar refractivity (Wildman–Crippen MR) is 165 cm³/mol. The molecule has 1 unspecified atom stereocenters. The Morgan fingerprint density at radius 1 is 0.696 bits per heavy atom. The second-order valence-electron chi connectivity index (χ2n) is 8.59. The average molecular weight is 667 g/mol. The third-order valence-corrected chi connectivity index (χ3v) is 6.14. The number of amidine groups is 1. The molecule has 0 saturated carbocycles. The molecular formula is C30H22Cl2N8O6. The van der Waals surface area contributed by atoms with Gasteiger partial charge in [0, 0.05) is 24.8 Å². The minimum absolute atomic E-state index is 0.00453. The third kappa shape index (κ3) is 7.49. The van der Waals surface area contributed by atoms with Gasteiger partial charge in [-0.15, -0.1) is 0 Å². The smallest absolute Gasteiger partial charge is 0.298 e. The van der Waals surface area contributed by atoms with Crippen LogP contribution in [-0.2, 0) is 9.59 Å². The van der Waals surface area contributed by atoms with Crippen molar-refractivity contribution < 1.29 is 36.8 Å². The standard InChI is InChI=1S/C15H10Cl2N4O2.C15H12N4O4/c1-22-9-5-2-3-6-10(9)23-11-12(16)20-15(21-13(11)17)14-18-7-4-8-19-14;1-22-9-5-2-3-6-10(9)23-11-14(20)18-13(19-15(11)21)12-16-7-4-8-17-12/h2-8H,1H3;2-8,11H,1H3,(H,18,19,20,21)/i2*1D3. The fourth-order valence-electron chi connectivity index (χ4n) is 3.61. The first kappa shape index (κ1) is 24.6. The molecule has 3 aromatic heterocycles. The Bertz CT molecular complexity index is 2070. The number of carbonyl (C=O) groups excluding carboxylic acids is 2. The number of nitrogens with zero attached hydrogens (tertiary/aromatic N) is 7. The van der Waals surface area contributed by atoms with Crippen LogP contribution in [0.3, 0.4) is 0 Å². The molecule has 1 N–H and O–H groups in total. The number of benzene rings is 2. The van der Waals surface area contributed by atoms with E-state index in [9.17, 15) is 9.59 Å². The Kier molecular flexibility index (Phi) is 7.92. The molecule has 0 radical (unpaired) electrons. The number of carbonyl (C=O) groups is 2. The highest BCUT2D eigenvalue weighted by Crippen LogP contribution is 2.38. The highest BCUT2D eigenvalue weighted by atomic mass is 35.5. The van der Waals surface area contributed by atoms with E-state index in [0.29, 0.717) is 0 Å². The van der Waals surface area contributed by atoms with Crippen molar-refractivity contribution >= 4 is 40.9 Å². The highest BCUT2D eigenvalue weighted by Gasteiger charge is 2.35. The number of nitrogens with one attached hydrogen (secondary N) is 1. The minimum Gasteiger partial charge on any atom is -0.493 e. The number of ether oxygens (including phenoxy) is 4. The monoisotopic (exact) mass is 666 g/mol. The fourth-order valence-corrected chi connectivity index (χ4v) is 4.07. The Morgan fingerprint density at radius 3 is 1.78 bits per heavy atom. The maximum atomic E-state index is 12.2. The summed E-state index contributed by atoms with van der Waals surface area (Å²) in [5.74, 6) is -1.46. The Balaban J connectivity index is 0.000000201. The molecule has 16 heteroatoms. The lowest BCUT2D eigenvalue weighted by Gasteiger charge is -2.21. The Hall–Kier alpha value is -5.73. The van der Waals surface area contributed by atoms with Crippen LogP contribution < -0.4 is 24.3 Å². The number of hydrogen-bond donors (Lipinski definition) is 1. The molecule has 232 valence electrons. The van der Waals surface area contributed by atoms with Gasteiger partial charge in [-0.3, -0.25) is 9.59 Å². The summed E-state index contributed by atoms with van der Waals surface area (Å²) in [6.07, 6.45) is 4.34. The van der Waals surface area contributed by atoms with Crippen LogP contribution in [0, 0.1) is 0 Å². The number of amides is 2. The van der Waals surface area contributed by atoms with Crippen molar-refractivity contribution in [3.8, 4) is 40.4 Å². The first-order chi connectivity index (χ1) is 24.7. The lowest BCUT2D eigenvalue weighted by molar-refractivity contribution is -0.137. The van der Waals surface area contributed by atoms with E-state index in [1.54, 1.807) is 30.3 Å². The first-order valence-electron chi connectivity index (χ1n) is 15.8. The van der Waals surface area contributed by atoms with Gasteiger partial charge >= 0.3 is 0 Å². The molecule has 46 heavy (non-hydrogen) atoms. The van der Waals surface area contributed by atoms with Crippen molar-refractivity contribution in [3.05, 3.63) is 102 Å². The molecule has 0 saturated heterocycles. The second kappa shape index (κ2) is 14.8. The zero-order valence-corrected chi connectivity index (χ0v) is 24.5. The van der Waals surface area contributed by atoms with Crippen molar-refractivity contribution in [3.63, 3.8) is 0 Å². The van der Waals surface area contributed by atoms with Crippen LogP contribution in [0.1, 0.15) is 14.0 Å². The third-order valence-electron chi connectivity index (χ3n) is 5.63. The molecule has 1 aliphatic rings. The van der Waals surface area contributed by atoms with E-state index >= 15 is 0 Å². The number of halogens is 2. The molecule has 0 fully saturated rings. The van der Waals surface area contributed by atoms with E-state index < -0.39 is 32.0 Å². The summed E-state index contributed by atoms with van der Waals surface area (Å²) in [6, 6.07) is 15.2. The number of hydrogen-bond acceptors (Lipinski definition) is 12. The van der Waals surface area contributed by atoms with Crippen LogP contribution in [0.25, 0.3) is 11.6 Å². The summed E-state index contributed by atoms with van der Waals surface area (Å²) >= 11 is 12.3. The summed E-state index contributed by atoms with van der Waals surface area (Å²) in [5, 5.41) is 2.22. The largest absolute Gasteiger partial charge is 0.493 e. The van der Waals surface area contributed by atoms with Crippen LogP contribution in [0.4, 0.5) is 0 Å². The van der Waals surface area contributed by atoms with E-state index in [1.807, 2.05) is 0 Å². The molecule has 1 atom stereocenters. The number of methoxy groups -OCH3 is 2. The van der Waals surface area contributed by atoms with Gasteiger partial charge in [-0.05, 0) is 36.4 Å². The lowest BCUT2D eigenvalue weighted by Crippen LogP contribution is -2.50. The SMILES string of the molecule is [2H]C([2H])([2H])Oc1ccccc1OC1C(=O)N=C(c2ncccn2)NC1=O.[2H]C([2H])([2H])Oc1ccccc1Oc1c(Cl)nc(-c2ncccn2)nc1Cl. The molecule has 1 aliphatic heterocycles. The average Bonchev–Trinajstić information content (AvgIpc) is 3.09. The van der Waals surface area contributed by atoms with E-state index in [0.717, 1.165) is 0 Å². The van der Waals surface area contributed by atoms with Gasteiger partial charge < -0.3 is 24.3 Å². The van der Waals surface area contributed by atoms with Crippen molar-refractivity contribution in [2.24, 2.45) is 4.99 Å². The molecular weight excluding hydrogens is 639 g/mol. The summed E-state index contributed by atoms with van der Waals surface area (Å²) in [5.41, 5.74) is 0. The second-order valence-corrected chi connectivity index (χ2v) is 9.30. The van der Waals surface area contributed by atoms with Crippen LogP contribution in [-0.4, -0.2) is 67.7 Å². The van der Waals surface area contributed by atoms with Gasteiger partial charge in [-0.25, -0.2) is 29.9 Å². The van der Waals surface area contributed by atoms with Gasteiger partial charge in [0.25, 0.3) is 17.9 Å². The van der Waals surface area contributed by atoms with E-state index in [2.05, 4.69) is 40.2 Å². The number of rotatable bonds is 8. The highest BCUT2D eigenvalue weighted by molar-refractivity contribution is 6.35. The molecule has 2 amide bonds. The zero-order chi connectivity index (χ0) is 37.5. The Morgan fingerprint density at radius 2 is 1.22 bits per heavy atom. The van der Waals surface area contributed by atoms with Gasteiger partial charge in [-0.2, -0.15) is 4.99 Å². The fraction of sp³-hybridized carbons (Fsp3) is 0.100. The van der Waals surface area contributed by atoms with Crippen LogP contribution >= 0.6 is 23.2 Å². The zero-order valence-electron chi connectivity index (χ0n) is 29.0. The molecule has 0 aliphatic carbocycles. The van der Waals surface area contributed by atoms with Gasteiger partial charge in [0.15, 0.2) is 50.8 Å². The van der Waals surface area contributed by atoms with E-state index in [-0.39, 0.29) is 62.4 Å². The summed E-state index contributed by atoms with van der Waals surface area (Å²) in [6.45, 7) is 0. The molecule has 6 rings (SSSR count). The van der Waals surface area contributed by atoms with Crippen LogP contribution in [0.5, 0.6) is 28.7 Å². The maximum absolute atomic E-state index is 12.2. The van der Waals surface area contributed by atoms with Crippen LogP contribution in [0.15, 0.2) is 90.4 Å². The molecule has 4 heterocycles. The quantitative estimate of drug-likeness (QED) is 0.183. The molecule has 0 bridgehead atoms. The predicted octanol–water partition coefficient (Wildman–Crippen LogP) is 4.38. The lowest BCUT2D eigenvalue weighted by atomic mass is 10.2. The topological polar surface area (TPSA) is 173 Å². The van der Waals surface area contributed by atoms with Crippen molar-refractivity contribution in [2.45, 2.75) is 6.10 Å². The number of aromatic nitrogens is 6. The summed E-state index contributed by atoms with van der Waals surface area (Å²) in [7, 11) is -5.35. The van der Waals surface area contributed by atoms with Crippen LogP contribution in [0.2, 0.25) is 10.3 Å². The van der Waals surface area contributed by atoms with Crippen molar-refractivity contribution in [1.82, 2.24) is 35.2 Å². The van der Waals surface area contributed by atoms with Crippen molar-refractivity contribution in [2.75, 3.05) is 14.1 Å². The summed E-state index contributed by atoms with van der Waals surface area (Å²) in [4.78, 5) is 52.2. The molecule has 14 nitrogen and oxygen atoms in total. The van der Waals surface area contributed by atoms with Gasteiger partial charge in [0.05, 0.1) is 22.3 Å². The van der Waals surface area contributed by atoms with Crippen molar-refractivity contribution in [1.29, 1.82) is 0 Å². The first-order valence-corrected chi connectivity index (χ1v) is 13.5. The molecule has 0 spiro atoms. The van der Waals surface area contributed by atoms with E-state index in [1.165, 1.54) is 55.1 Å². The minimum atomic E-state index is -2.71. The normalized spacial score (nSPS) is 16.3.